The van der Waals surface area contributed by atoms with Crippen LogP contribution in [0.15, 0.2) is 24.4 Å². The minimum absolute atomic E-state index is 0.0238. The van der Waals surface area contributed by atoms with Gasteiger partial charge in [-0.2, -0.15) is 5.10 Å². The summed E-state index contributed by atoms with van der Waals surface area (Å²) < 4.78 is 28.8. The van der Waals surface area contributed by atoms with Crippen molar-refractivity contribution in [3.8, 4) is 22.8 Å². The first kappa shape index (κ1) is 29.0. The quantitative estimate of drug-likeness (QED) is 0.444. The molecule has 0 spiro atoms. The number of aromatic hydroxyl groups is 1. The third kappa shape index (κ3) is 4.81. The van der Waals surface area contributed by atoms with Crippen LogP contribution >= 0.6 is 11.6 Å². The van der Waals surface area contributed by atoms with Crippen molar-refractivity contribution >= 4 is 29.4 Å². The maximum absolute atomic E-state index is 15.2. The van der Waals surface area contributed by atoms with E-state index in [0.717, 1.165) is 11.3 Å². The summed E-state index contributed by atoms with van der Waals surface area (Å²) in [7, 11) is 1.85. The van der Waals surface area contributed by atoms with Gasteiger partial charge in [0, 0.05) is 45.0 Å². The van der Waals surface area contributed by atoms with Crippen molar-refractivity contribution in [3.05, 3.63) is 52.1 Å². The van der Waals surface area contributed by atoms with Crippen LogP contribution < -0.4 is 9.64 Å². The average molecular weight is 613 g/mol. The first-order chi connectivity index (χ1) is 20.2. The molecule has 2 amide bonds. The Morgan fingerprint density at radius 2 is 1.98 bits per heavy atom. The molecular formula is C30H34ClFN6O5. The van der Waals surface area contributed by atoms with Gasteiger partial charge in [0.05, 0.1) is 22.8 Å². The van der Waals surface area contributed by atoms with Crippen molar-refractivity contribution in [3.63, 3.8) is 0 Å². The Kier molecular flexibility index (Phi) is 6.75. The Hall–Kier alpha value is -4.06. The highest BCUT2D eigenvalue weighted by molar-refractivity contribution is 6.35. The first-order valence-electron chi connectivity index (χ1n) is 14.1. The van der Waals surface area contributed by atoms with E-state index in [2.05, 4.69) is 5.10 Å². The number of ether oxygens (including phenoxy) is 2. The minimum atomic E-state index is -0.725. The van der Waals surface area contributed by atoms with Gasteiger partial charge >= 0.3 is 6.09 Å². The number of fused-ring (bicyclic) bond motifs is 3. The minimum Gasteiger partial charge on any atom is -0.507 e. The summed E-state index contributed by atoms with van der Waals surface area (Å²) in [5, 5.41) is 15.2. The van der Waals surface area contributed by atoms with Gasteiger partial charge in [0.15, 0.2) is 5.75 Å². The van der Waals surface area contributed by atoms with Gasteiger partial charge in [-0.25, -0.2) is 14.2 Å². The molecule has 1 fully saturated rings. The number of nitrogens with zero attached hydrogens (tertiary/aromatic N) is 6. The number of anilines is 1. The molecule has 1 aromatic carbocycles. The van der Waals surface area contributed by atoms with Crippen LogP contribution in [0.25, 0.3) is 11.3 Å². The second kappa shape index (κ2) is 10.0. The van der Waals surface area contributed by atoms with Crippen LogP contribution in [0.4, 0.5) is 15.0 Å². The van der Waals surface area contributed by atoms with Gasteiger partial charge in [-0.3, -0.25) is 9.48 Å². The Morgan fingerprint density at radius 1 is 1.23 bits per heavy atom. The molecule has 0 saturated carbocycles. The lowest BCUT2D eigenvalue weighted by Gasteiger charge is -2.40. The van der Waals surface area contributed by atoms with Crippen LogP contribution in [0.2, 0.25) is 5.02 Å². The van der Waals surface area contributed by atoms with Crippen molar-refractivity contribution in [1.29, 1.82) is 0 Å². The fourth-order valence-corrected chi connectivity index (χ4v) is 6.34. The fraction of sp³-hybridized carbons (Fsp3) is 0.467. The summed E-state index contributed by atoms with van der Waals surface area (Å²) >= 11 is 6.88. The molecule has 0 bridgehead atoms. The van der Waals surface area contributed by atoms with Crippen molar-refractivity contribution < 1.29 is 28.6 Å². The number of phenolic OH excluding ortho intramolecular Hbond substituents is 1. The number of benzene rings is 1. The molecule has 1 saturated heterocycles. The number of piperazine rings is 1. The molecule has 3 aromatic rings. The van der Waals surface area contributed by atoms with E-state index in [-0.39, 0.29) is 71.3 Å². The Labute approximate surface area is 253 Å². The summed E-state index contributed by atoms with van der Waals surface area (Å²) in [4.78, 5) is 37.2. The predicted octanol–water partition coefficient (Wildman–Crippen LogP) is 4.69. The van der Waals surface area contributed by atoms with Gasteiger partial charge in [0.2, 0.25) is 0 Å². The number of phenols is 1. The summed E-state index contributed by atoms with van der Waals surface area (Å²) in [5.41, 5.74) is 0.301. The number of hydrogen-bond donors (Lipinski definition) is 1. The number of pyridine rings is 1. The third-order valence-corrected chi connectivity index (χ3v) is 8.43. The SMILES string of the molecule is Cn1cc2c(n1)C(C)(C)N(c1nc(-c3c(O)cccc3F)c(Cl)c3c1C(=O)N1CCN(C(=O)OC(C)(C)C)C[C@@H]1CO3)C2. The lowest BCUT2D eigenvalue weighted by molar-refractivity contribution is 0.000952. The van der Waals surface area contributed by atoms with E-state index in [0.29, 0.717) is 6.54 Å². The number of halogens is 2. The number of carbonyl (C=O) groups excluding carboxylic acids is 2. The number of aryl methyl sites for hydroxylation is 1. The lowest BCUT2D eigenvalue weighted by atomic mass is 9.99. The second-order valence-electron chi connectivity index (χ2n) is 12.6. The van der Waals surface area contributed by atoms with Gasteiger partial charge in [0.25, 0.3) is 5.91 Å². The molecule has 6 rings (SSSR count). The van der Waals surface area contributed by atoms with Gasteiger partial charge in [-0.1, -0.05) is 17.7 Å². The van der Waals surface area contributed by atoms with E-state index >= 15 is 4.39 Å². The molecule has 0 radical (unpaired) electrons. The third-order valence-electron chi connectivity index (χ3n) is 8.08. The molecule has 0 aliphatic carbocycles. The fourth-order valence-electron chi connectivity index (χ4n) is 6.05. The van der Waals surface area contributed by atoms with Crippen LogP contribution in [-0.2, 0) is 23.9 Å². The zero-order valence-electron chi connectivity index (χ0n) is 24.9. The highest BCUT2D eigenvalue weighted by atomic mass is 35.5. The highest BCUT2D eigenvalue weighted by Gasteiger charge is 2.47. The van der Waals surface area contributed by atoms with Crippen LogP contribution in [0.5, 0.6) is 11.5 Å². The predicted molar refractivity (Wildman–Crippen MR) is 157 cm³/mol. The molecule has 3 aliphatic rings. The standard InChI is InChI=1S/C30H34ClFN6O5/c1-29(2,3)43-28(41)36-10-11-37-17(14-36)15-42-24-21(27(37)40)26(38-13-16-12-35(6)34-25(16)30(38,4)5)33-23(22(24)31)20-18(32)8-7-9-19(20)39/h7-9,12,17,39H,10-11,13-15H2,1-6H3/t17-/m1/s1. The maximum atomic E-state index is 15.2. The van der Waals surface area contributed by atoms with Crippen molar-refractivity contribution in [2.45, 2.75) is 58.3 Å². The maximum Gasteiger partial charge on any atom is 0.410 e. The van der Waals surface area contributed by atoms with Gasteiger partial charge < -0.3 is 29.3 Å². The van der Waals surface area contributed by atoms with E-state index in [4.69, 9.17) is 26.1 Å². The van der Waals surface area contributed by atoms with Gasteiger partial charge in [0.1, 0.15) is 45.9 Å². The summed E-state index contributed by atoms with van der Waals surface area (Å²) in [6.07, 6.45) is 1.45. The van der Waals surface area contributed by atoms with E-state index in [1.807, 2.05) is 32.0 Å². The number of carbonyl (C=O) groups is 2. The number of hydrogen-bond acceptors (Lipinski definition) is 8. The molecule has 13 heteroatoms. The van der Waals surface area contributed by atoms with E-state index in [1.54, 1.807) is 35.3 Å². The van der Waals surface area contributed by atoms with E-state index < -0.39 is 29.1 Å². The van der Waals surface area contributed by atoms with Crippen LogP contribution in [0, 0.1) is 5.82 Å². The van der Waals surface area contributed by atoms with Crippen molar-refractivity contribution in [2.75, 3.05) is 31.1 Å². The Bertz CT molecular complexity index is 1630. The normalized spacial score (nSPS) is 19.4. The van der Waals surface area contributed by atoms with Gasteiger partial charge in [-0.05, 0) is 46.8 Å². The average Bonchev–Trinajstić information content (AvgIpc) is 3.35. The molecule has 1 atom stereocenters. The molecule has 1 N–H and O–H groups in total. The zero-order valence-corrected chi connectivity index (χ0v) is 25.7. The number of aromatic nitrogens is 3. The summed E-state index contributed by atoms with van der Waals surface area (Å²) in [6, 6.07) is 3.43. The number of amides is 2. The van der Waals surface area contributed by atoms with Crippen LogP contribution in [0.3, 0.4) is 0 Å². The van der Waals surface area contributed by atoms with Crippen LogP contribution in [0.1, 0.15) is 56.2 Å². The molecule has 3 aliphatic heterocycles. The smallest absolute Gasteiger partial charge is 0.410 e. The topological polar surface area (TPSA) is 113 Å². The van der Waals surface area contributed by atoms with E-state index in [9.17, 15) is 14.7 Å². The molecular weight excluding hydrogens is 579 g/mol. The van der Waals surface area contributed by atoms with Crippen molar-refractivity contribution in [1.82, 2.24) is 24.6 Å². The number of rotatable bonds is 2. The largest absolute Gasteiger partial charge is 0.507 e. The summed E-state index contributed by atoms with van der Waals surface area (Å²) in [5.74, 6) is -1.15. The summed E-state index contributed by atoms with van der Waals surface area (Å²) in [6.45, 7) is 10.4. The monoisotopic (exact) mass is 612 g/mol. The Balaban J connectivity index is 1.47. The zero-order chi connectivity index (χ0) is 31.0. The Morgan fingerprint density at radius 3 is 2.65 bits per heavy atom. The molecule has 11 nitrogen and oxygen atoms in total. The van der Waals surface area contributed by atoms with Gasteiger partial charge in [-0.15, -0.1) is 0 Å². The lowest BCUT2D eigenvalue weighted by Crippen LogP contribution is -2.58. The first-order valence-corrected chi connectivity index (χ1v) is 14.5. The molecule has 43 heavy (non-hydrogen) atoms. The molecule has 0 unspecified atom stereocenters. The van der Waals surface area contributed by atoms with Crippen molar-refractivity contribution in [2.24, 2.45) is 7.05 Å². The molecule has 5 heterocycles. The highest BCUT2D eigenvalue weighted by Crippen LogP contribution is 2.49. The second-order valence-corrected chi connectivity index (χ2v) is 13.0. The molecule has 228 valence electrons. The van der Waals surface area contributed by atoms with Crippen LogP contribution in [-0.4, -0.2) is 79.6 Å². The molecule has 2 aromatic heterocycles. The van der Waals surface area contributed by atoms with E-state index in [1.165, 1.54) is 18.2 Å².